The molecule has 1 aliphatic heterocycles. The number of rotatable bonds is 10. The smallest absolute Gasteiger partial charge is 0.0788 e. The number of hydrogen-bond acceptors (Lipinski definition) is 3. The third kappa shape index (κ3) is 9.53. The van der Waals surface area contributed by atoms with Gasteiger partial charge in [-0.2, -0.15) is 0 Å². The van der Waals surface area contributed by atoms with E-state index >= 15 is 0 Å². The van der Waals surface area contributed by atoms with Crippen LogP contribution in [0.2, 0.25) is 0 Å². The van der Waals surface area contributed by atoms with E-state index in [-0.39, 0.29) is 18.8 Å². The summed E-state index contributed by atoms with van der Waals surface area (Å²) >= 11 is 0. The first-order chi connectivity index (χ1) is 11.8. The zero-order valence-corrected chi connectivity index (χ0v) is 16.0. The Labute approximate surface area is 149 Å². The lowest BCUT2D eigenvalue weighted by Crippen LogP contribution is -2.32. The van der Waals surface area contributed by atoms with Crippen LogP contribution in [-0.2, 0) is 4.74 Å². The lowest BCUT2D eigenvalue weighted by atomic mass is 10.0. The topological polar surface area (TPSA) is 32.7 Å². The van der Waals surface area contributed by atoms with E-state index in [4.69, 9.17) is 9.84 Å². The molecule has 0 bridgehead atoms. The minimum absolute atomic E-state index is 0.0123. The molecular weight excluding hydrogens is 298 g/mol. The molecule has 0 saturated heterocycles. The van der Waals surface area contributed by atoms with Gasteiger partial charge in [-0.1, -0.05) is 64.2 Å². The third-order valence-corrected chi connectivity index (χ3v) is 3.38. The lowest BCUT2D eigenvalue weighted by molar-refractivity contribution is 0.0716. The summed E-state index contributed by atoms with van der Waals surface area (Å²) in [5.41, 5.74) is 0. The molecule has 0 aromatic carbocycles. The average molecular weight is 336 g/mol. The van der Waals surface area contributed by atoms with Gasteiger partial charge in [0.1, 0.15) is 0 Å². The molecule has 1 rings (SSSR count). The predicted molar refractivity (Wildman–Crippen MR) is 107 cm³/mol. The van der Waals surface area contributed by atoms with Crippen LogP contribution in [0.25, 0.3) is 0 Å². The molecule has 0 saturated carbocycles. The summed E-state index contributed by atoms with van der Waals surface area (Å²) in [5.74, 6) is 0.329. The fraction of sp³-hybridized carbons (Fsp3) is 0.524. The minimum atomic E-state index is -0.0123. The molecular formula is C21H37NO2. The summed E-state index contributed by atoms with van der Waals surface area (Å²) in [6.07, 6.45) is 14.2. The van der Waals surface area contributed by atoms with Crippen molar-refractivity contribution in [1.29, 1.82) is 0 Å². The van der Waals surface area contributed by atoms with Crippen LogP contribution in [0.3, 0.4) is 0 Å². The van der Waals surface area contributed by atoms with Crippen LogP contribution < -0.4 is 0 Å². The molecule has 0 spiro atoms. The zero-order chi connectivity index (χ0) is 18.8. The highest BCUT2D eigenvalue weighted by Crippen LogP contribution is 2.22. The van der Waals surface area contributed by atoms with E-state index in [0.29, 0.717) is 12.5 Å². The van der Waals surface area contributed by atoms with Gasteiger partial charge in [-0.3, -0.25) is 0 Å². The van der Waals surface area contributed by atoms with Crippen molar-refractivity contribution in [2.24, 2.45) is 5.92 Å². The standard InChI is InChI=1S/C17H25NO2.2C2H6/c1-4-15-10-11-18(17(15)6-3)12-14-20-16(5-2)9-7-8-13-19;2*1-2/h4-8,10-11,15-17,19H,1-3,9,12-14H2;2*1-2H3/b8-7+;;/t15?,16?,17-;;/m1../s1. The Morgan fingerprint density at radius 1 is 1.12 bits per heavy atom. The quantitative estimate of drug-likeness (QED) is 0.586. The fourth-order valence-electron chi connectivity index (χ4n) is 2.23. The van der Waals surface area contributed by atoms with Crippen molar-refractivity contribution in [2.45, 2.75) is 46.3 Å². The normalized spacial score (nSPS) is 19.8. The number of aliphatic hydroxyl groups excluding tert-OH is 1. The largest absolute Gasteiger partial charge is 0.392 e. The summed E-state index contributed by atoms with van der Waals surface area (Å²) in [5, 5.41) is 8.69. The highest BCUT2D eigenvalue weighted by molar-refractivity contribution is 5.15. The molecule has 0 aliphatic carbocycles. The maximum absolute atomic E-state index is 8.69. The van der Waals surface area contributed by atoms with Gasteiger partial charge in [-0.25, -0.2) is 0 Å². The van der Waals surface area contributed by atoms with E-state index < -0.39 is 0 Å². The molecule has 1 N–H and O–H groups in total. The Bertz CT molecular complexity index is 374. The molecule has 2 unspecified atom stereocenters. The monoisotopic (exact) mass is 335 g/mol. The van der Waals surface area contributed by atoms with Crippen molar-refractivity contribution >= 4 is 0 Å². The van der Waals surface area contributed by atoms with Crippen molar-refractivity contribution in [3.05, 3.63) is 62.4 Å². The number of nitrogens with zero attached hydrogens (tertiary/aromatic N) is 1. The number of hydrogen-bond donors (Lipinski definition) is 1. The van der Waals surface area contributed by atoms with Crippen LogP contribution in [0.5, 0.6) is 0 Å². The summed E-state index contributed by atoms with van der Waals surface area (Å²) in [6.45, 7) is 21.0. The minimum Gasteiger partial charge on any atom is -0.392 e. The van der Waals surface area contributed by atoms with E-state index in [1.54, 1.807) is 12.2 Å². The molecule has 0 aromatic heterocycles. The summed E-state index contributed by atoms with van der Waals surface area (Å²) in [7, 11) is 0. The van der Waals surface area contributed by atoms with Crippen LogP contribution in [0.4, 0.5) is 0 Å². The van der Waals surface area contributed by atoms with Crippen molar-refractivity contribution in [1.82, 2.24) is 4.90 Å². The molecule has 0 amide bonds. The summed E-state index contributed by atoms with van der Waals surface area (Å²) in [6, 6.07) is 0.271. The molecule has 0 radical (unpaired) electrons. The van der Waals surface area contributed by atoms with E-state index in [9.17, 15) is 0 Å². The van der Waals surface area contributed by atoms with E-state index in [1.165, 1.54) is 0 Å². The van der Waals surface area contributed by atoms with Gasteiger partial charge >= 0.3 is 0 Å². The van der Waals surface area contributed by atoms with Gasteiger partial charge < -0.3 is 14.7 Å². The van der Waals surface area contributed by atoms with Gasteiger partial charge in [-0.15, -0.1) is 19.7 Å². The van der Waals surface area contributed by atoms with Gasteiger partial charge in [0.05, 0.1) is 25.4 Å². The molecule has 138 valence electrons. The maximum Gasteiger partial charge on any atom is 0.0788 e. The molecule has 24 heavy (non-hydrogen) atoms. The SMILES string of the molecule is C=CC(C/C=C/CO)OCCN1C=CC(C=C)[C@H]1C=C.CC.CC. The molecule has 0 aromatic rings. The maximum atomic E-state index is 8.69. The second-order valence-electron chi connectivity index (χ2n) is 4.65. The van der Waals surface area contributed by atoms with Gasteiger partial charge in [0.15, 0.2) is 0 Å². The second kappa shape index (κ2) is 17.8. The van der Waals surface area contributed by atoms with Crippen molar-refractivity contribution < 1.29 is 9.84 Å². The first kappa shape index (κ1) is 24.7. The number of ether oxygens (including phenoxy) is 1. The number of aliphatic hydroxyl groups is 1. The van der Waals surface area contributed by atoms with Crippen LogP contribution in [0.1, 0.15) is 34.1 Å². The van der Waals surface area contributed by atoms with Gasteiger partial charge in [-0.05, 0) is 12.6 Å². The highest BCUT2D eigenvalue weighted by atomic mass is 16.5. The van der Waals surface area contributed by atoms with Gasteiger partial charge in [0.2, 0.25) is 0 Å². The molecule has 3 nitrogen and oxygen atoms in total. The third-order valence-electron chi connectivity index (χ3n) is 3.38. The molecule has 3 heteroatoms. The molecule has 0 fully saturated rings. The lowest BCUT2D eigenvalue weighted by Gasteiger charge is -2.26. The van der Waals surface area contributed by atoms with E-state index in [2.05, 4.69) is 36.9 Å². The average Bonchev–Trinajstić information content (AvgIpc) is 3.05. The molecule has 1 heterocycles. The van der Waals surface area contributed by atoms with Crippen molar-refractivity contribution in [2.75, 3.05) is 19.8 Å². The first-order valence-electron chi connectivity index (χ1n) is 8.96. The fourth-order valence-corrected chi connectivity index (χ4v) is 2.23. The van der Waals surface area contributed by atoms with Crippen LogP contribution in [-0.4, -0.2) is 41.9 Å². The predicted octanol–water partition coefficient (Wildman–Crippen LogP) is 4.73. The van der Waals surface area contributed by atoms with Crippen LogP contribution >= 0.6 is 0 Å². The first-order valence-corrected chi connectivity index (χ1v) is 8.96. The second-order valence-corrected chi connectivity index (χ2v) is 4.65. The Morgan fingerprint density at radius 2 is 1.79 bits per heavy atom. The van der Waals surface area contributed by atoms with Gasteiger partial charge in [0, 0.05) is 12.5 Å². The Balaban J connectivity index is 0. The Kier molecular flexibility index (Phi) is 18.3. The zero-order valence-electron chi connectivity index (χ0n) is 16.0. The summed E-state index contributed by atoms with van der Waals surface area (Å²) < 4.78 is 5.77. The van der Waals surface area contributed by atoms with Crippen LogP contribution in [0.15, 0.2) is 62.4 Å². The van der Waals surface area contributed by atoms with Gasteiger partial charge in [0.25, 0.3) is 0 Å². The van der Waals surface area contributed by atoms with Crippen molar-refractivity contribution in [3.8, 4) is 0 Å². The molecule has 1 aliphatic rings. The van der Waals surface area contributed by atoms with E-state index in [0.717, 1.165) is 13.0 Å². The molecule has 3 atom stereocenters. The Hall–Kier alpha value is -1.58. The Morgan fingerprint density at radius 3 is 2.29 bits per heavy atom. The highest BCUT2D eigenvalue weighted by Gasteiger charge is 2.23. The van der Waals surface area contributed by atoms with E-state index in [1.807, 2.05) is 45.9 Å². The summed E-state index contributed by atoms with van der Waals surface area (Å²) in [4.78, 5) is 2.21. The van der Waals surface area contributed by atoms with Crippen LogP contribution in [0, 0.1) is 5.92 Å². The van der Waals surface area contributed by atoms with Crippen molar-refractivity contribution in [3.63, 3.8) is 0 Å².